The van der Waals surface area contributed by atoms with E-state index in [4.69, 9.17) is 0 Å². The van der Waals surface area contributed by atoms with Crippen LogP contribution in [0.25, 0.3) is 10.9 Å². The van der Waals surface area contributed by atoms with Gasteiger partial charge in [0.05, 0.1) is 11.9 Å². The number of hydrogen-bond acceptors (Lipinski definition) is 0. The lowest BCUT2D eigenvalue weighted by Crippen LogP contribution is -2.41. The van der Waals surface area contributed by atoms with Crippen molar-refractivity contribution in [2.75, 3.05) is 0 Å². The molecule has 0 saturated heterocycles. The fourth-order valence-corrected chi connectivity index (χ4v) is 1.81. The number of fused-ring (bicyclic) bond motifs is 1. The number of nitrogens with zero attached hydrogens (tertiary/aromatic N) is 2. The minimum atomic E-state index is 1.03. The van der Waals surface area contributed by atoms with Gasteiger partial charge >= 0.3 is 0 Å². The summed E-state index contributed by atoms with van der Waals surface area (Å²) in [5.74, 6) is 0. The quantitative estimate of drug-likeness (QED) is 0.617. The van der Waals surface area contributed by atoms with Gasteiger partial charge in [-0.3, -0.25) is 0 Å². The van der Waals surface area contributed by atoms with Crippen LogP contribution in [-0.2, 0) is 13.1 Å². The van der Waals surface area contributed by atoms with Crippen LogP contribution in [0, 0.1) is 0 Å². The molecule has 0 aliphatic carbocycles. The summed E-state index contributed by atoms with van der Waals surface area (Å²) in [6.07, 6.45) is 2.21. The molecule has 2 aromatic rings. The summed E-state index contributed by atoms with van der Waals surface area (Å²) in [5, 5.41) is 1.33. The smallest absolute Gasteiger partial charge is 0.153 e. The zero-order chi connectivity index (χ0) is 9.26. The van der Waals surface area contributed by atoms with Crippen LogP contribution in [0.2, 0.25) is 0 Å². The average molecular weight is 175 g/mol. The van der Waals surface area contributed by atoms with Crippen molar-refractivity contribution in [3.05, 3.63) is 30.5 Å². The Kier molecular flexibility index (Phi) is 2.05. The highest BCUT2D eigenvalue weighted by atomic mass is 15.4. The van der Waals surface area contributed by atoms with E-state index in [9.17, 15) is 0 Å². The summed E-state index contributed by atoms with van der Waals surface area (Å²) in [6.45, 7) is 6.41. The molecule has 0 radical (unpaired) electrons. The maximum atomic E-state index is 2.30. The Balaban J connectivity index is 2.73. The number of benzene rings is 1. The van der Waals surface area contributed by atoms with Crippen molar-refractivity contribution in [1.29, 1.82) is 0 Å². The molecule has 0 bridgehead atoms. The van der Waals surface area contributed by atoms with E-state index in [1.807, 2.05) is 0 Å². The molecule has 0 N–H and O–H groups in total. The van der Waals surface area contributed by atoms with Gasteiger partial charge in [-0.2, -0.15) is 4.68 Å². The first-order valence-corrected chi connectivity index (χ1v) is 4.84. The van der Waals surface area contributed by atoms with E-state index < -0.39 is 0 Å². The first kappa shape index (κ1) is 8.30. The zero-order valence-electron chi connectivity index (χ0n) is 8.20. The van der Waals surface area contributed by atoms with E-state index in [-0.39, 0.29) is 0 Å². The van der Waals surface area contributed by atoms with Crippen LogP contribution in [0.1, 0.15) is 13.8 Å². The predicted molar refractivity (Wildman–Crippen MR) is 53.5 cm³/mol. The highest BCUT2D eigenvalue weighted by Crippen LogP contribution is 2.10. The minimum Gasteiger partial charge on any atom is -0.153 e. The third-order valence-corrected chi connectivity index (χ3v) is 2.44. The van der Waals surface area contributed by atoms with E-state index >= 15 is 0 Å². The van der Waals surface area contributed by atoms with Gasteiger partial charge in [-0.15, -0.1) is 4.68 Å². The van der Waals surface area contributed by atoms with Gasteiger partial charge in [0, 0.05) is 0 Å². The highest BCUT2D eigenvalue weighted by Gasteiger charge is 2.10. The average Bonchev–Trinajstić information content (AvgIpc) is 2.55. The van der Waals surface area contributed by atoms with Crippen LogP contribution in [0.15, 0.2) is 30.5 Å². The van der Waals surface area contributed by atoms with Crippen molar-refractivity contribution in [1.82, 2.24) is 4.68 Å². The van der Waals surface area contributed by atoms with E-state index in [1.54, 1.807) is 0 Å². The molecule has 0 aliphatic rings. The second-order valence-corrected chi connectivity index (χ2v) is 3.16. The molecule has 2 nitrogen and oxygen atoms in total. The molecule has 0 aliphatic heterocycles. The Morgan fingerprint density at radius 1 is 1.23 bits per heavy atom. The van der Waals surface area contributed by atoms with Crippen LogP contribution in [0.3, 0.4) is 0 Å². The normalized spacial score (nSPS) is 10.9. The summed E-state index contributed by atoms with van der Waals surface area (Å²) in [7, 11) is 0. The second kappa shape index (κ2) is 3.21. The number of aromatic nitrogens is 2. The molecule has 0 spiro atoms. The van der Waals surface area contributed by atoms with Crippen molar-refractivity contribution >= 4 is 10.9 Å². The van der Waals surface area contributed by atoms with Gasteiger partial charge in [-0.1, -0.05) is 12.1 Å². The molecule has 0 saturated carbocycles. The van der Waals surface area contributed by atoms with Crippen molar-refractivity contribution in [3.8, 4) is 0 Å². The number of hydrogen-bond donors (Lipinski definition) is 0. The predicted octanol–water partition coefficient (Wildman–Crippen LogP) is 1.97. The van der Waals surface area contributed by atoms with Crippen LogP contribution in [0.4, 0.5) is 0 Å². The zero-order valence-corrected chi connectivity index (χ0v) is 8.20. The van der Waals surface area contributed by atoms with Crippen molar-refractivity contribution < 1.29 is 4.68 Å². The second-order valence-electron chi connectivity index (χ2n) is 3.16. The van der Waals surface area contributed by atoms with Gasteiger partial charge < -0.3 is 0 Å². The Morgan fingerprint density at radius 2 is 2.00 bits per heavy atom. The van der Waals surface area contributed by atoms with Crippen LogP contribution >= 0.6 is 0 Å². The molecule has 0 atom stereocenters. The Morgan fingerprint density at radius 3 is 2.69 bits per heavy atom. The molecular formula is C11H15N2+. The summed E-state index contributed by atoms with van der Waals surface area (Å²) in [4.78, 5) is 0. The van der Waals surface area contributed by atoms with Gasteiger partial charge in [0.25, 0.3) is 0 Å². The van der Waals surface area contributed by atoms with Crippen molar-refractivity contribution in [2.45, 2.75) is 26.9 Å². The lowest BCUT2D eigenvalue weighted by molar-refractivity contribution is -0.770. The monoisotopic (exact) mass is 175 g/mol. The molecule has 0 fully saturated rings. The largest absolute Gasteiger partial charge is 0.203 e. The fraction of sp³-hybridized carbons (Fsp3) is 0.364. The summed E-state index contributed by atoms with van der Waals surface area (Å²) >= 11 is 0. The molecule has 13 heavy (non-hydrogen) atoms. The molecule has 0 amide bonds. The highest BCUT2D eigenvalue weighted by molar-refractivity contribution is 5.77. The van der Waals surface area contributed by atoms with Gasteiger partial charge in [0.15, 0.2) is 6.54 Å². The van der Waals surface area contributed by atoms with Crippen molar-refractivity contribution in [3.63, 3.8) is 0 Å². The molecule has 68 valence electrons. The molecule has 0 unspecified atom stereocenters. The Hall–Kier alpha value is -1.31. The third-order valence-electron chi connectivity index (χ3n) is 2.44. The molecule has 2 heteroatoms. The van der Waals surface area contributed by atoms with Crippen LogP contribution in [0.5, 0.6) is 0 Å². The SMILES string of the molecule is CCn1c2ccccc2c[n+]1CC. The van der Waals surface area contributed by atoms with Gasteiger partial charge in [0.1, 0.15) is 5.52 Å². The van der Waals surface area contributed by atoms with E-state index in [0.29, 0.717) is 0 Å². The molecule has 1 heterocycles. The summed E-state index contributed by atoms with van der Waals surface area (Å²) in [5.41, 5.74) is 1.33. The molecule has 1 aromatic heterocycles. The first-order chi connectivity index (χ1) is 6.36. The molecule has 1 aromatic carbocycles. The number of rotatable bonds is 2. The number of aryl methyl sites for hydroxylation is 2. The maximum Gasteiger partial charge on any atom is 0.203 e. The Bertz CT molecular complexity index is 415. The van der Waals surface area contributed by atoms with Gasteiger partial charge in [-0.05, 0) is 26.0 Å². The molecular weight excluding hydrogens is 160 g/mol. The molecule has 2 rings (SSSR count). The summed E-state index contributed by atoms with van der Waals surface area (Å²) < 4.78 is 4.56. The summed E-state index contributed by atoms with van der Waals surface area (Å²) in [6, 6.07) is 8.51. The van der Waals surface area contributed by atoms with Crippen LogP contribution < -0.4 is 4.68 Å². The topological polar surface area (TPSA) is 8.81 Å². The van der Waals surface area contributed by atoms with Gasteiger partial charge in [-0.25, -0.2) is 0 Å². The van der Waals surface area contributed by atoms with Gasteiger partial charge in [0.2, 0.25) is 6.20 Å². The lowest BCUT2D eigenvalue weighted by atomic mass is 10.3. The van der Waals surface area contributed by atoms with Crippen LogP contribution in [-0.4, -0.2) is 4.68 Å². The minimum absolute atomic E-state index is 1.03. The lowest BCUT2D eigenvalue weighted by Gasteiger charge is -1.97. The number of para-hydroxylation sites is 1. The standard InChI is InChI=1S/C11H15N2/c1-3-12-9-10-7-5-6-8-11(10)13(12)4-2/h5-9H,3-4H2,1-2H3/q+1. The first-order valence-electron chi connectivity index (χ1n) is 4.84. The van der Waals surface area contributed by atoms with E-state index in [2.05, 4.69) is 53.7 Å². The van der Waals surface area contributed by atoms with E-state index in [0.717, 1.165) is 13.1 Å². The fourth-order valence-electron chi connectivity index (χ4n) is 1.81. The van der Waals surface area contributed by atoms with E-state index in [1.165, 1.54) is 10.9 Å². The maximum absolute atomic E-state index is 2.30. The van der Waals surface area contributed by atoms with Crippen molar-refractivity contribution in [2.24, 2.45) is 0 Å². The third kappa shape index (κ3) is 1.22. The Labute approximate surface area is 78.4 Å².